The summed E-state index contributed by atoms with van der Waals surface area (Å²) in [5, 5.41) is 13.6. The molecule has 2 saturated carbocycles. The van der Waals surface area contributed by atoms with Crippen molar-refractivity contribution in [2.45, 2.75) is 62.8 Å². The van der Waals surface area contributed by atoms with E-state index in [0.717, 1.165) is 81.7 Å². The number of hydrogen-bond acceptors (Lipinski definition) is 5. The van der Waals surface area contributed by atoms with Crippen molar-refractivity contribution in [1.29, 1.82) is 0 Å². The van der Waals surface area contributed by atoms with Gasteiger partial charge in [-0.1, -0.05) is 31.4 Å². The lowest BCUT2D eigenvalue weighted by Crippen LogP contribution is -2.52. The highest BCUT2D eigenvalue weighted by Crippen LogP contribution is 2.44. The lowest BCUT2D eigenvalue weighted by Gasteiger charge is -2.41. The zero-order chi connectivity index (χ0) is 31.3. The number of carboxylic acids is 1. The Morgan fingerprint density at radius 3 is 2.42 bits per heavy atom. The standard InChI is InChI=1S/C35H35BrN6O3/c1-41-27-18-23(11-12-25(27)30(22-7-4-3-5-8-22)31(41)32-37-19-24(36)20-38-32)33(45)40-35(15-6-16-35)34-39-26-13-9-21(10-14-29(43)44)17-28(26)42(34)2/h9-14,17-20,22H,3-8,15-16H2,1-2H3,(H,40,45)(H,43,44)/b14-10+. The van der Waals surface area contributed by atoms with Crippen molar-refractivity contribution in [2.24, 2.45) is 14.1 Å². The third kappa shape index (κ3) is 5.24. The summed E-state index contributed by atoms with van der Waals surface area (Å²) in [7, 11) is 4.00. The molecule has 0 radical (unpaired) electrons. The first kappa shape index (κ1) is 29.4. The molecular weight excluding hydrogens is 632 g/mol. The van der Waals surface area contributed by atoms with Crippen LogP contribution in [0.5, 0.6) is 0 Å². The summed E-state index contributed by atoms with van der Waals surface area (Å²) < 4.78 is 5.01. The molecule has 5 aromatic rings. The Bertz CT molecular complexity index is 1980. The van der Waals surface area contributed by atoms with E-state index in [1.165, 1.54) is 24.8 Å². The number of hydrogen-bond donors (Lipinski definition) is 2. The Hall–Kier alpha value is -4.31. The number of amides is 1. The molecule has 0 spiro atoms. The highest BCUT2D eigenvalue weighted by molar-refractivity contribution is 9.10. The predicted molar refractivity (Wildman–Crippen MR) is 178 cm³/mol. The zero-order valence-corrected chi connectivity index (χ0v) is 27.0. The molecule has 0 bridgehead atoms. The Kier molecular flexibility index (Phi) is 7.55. The summed E-state index contributed by atoms with van der Waals surface area (Å²) in [4.78, 5) is 39.3. The van der Waals surface area contributed by atoms with Gasteiger partial charge in [-0.15, -0.1) is 0 Å². The Morgan fingerprint density at radius 1 is 0.978 bits per heavy atom. The molecule has 0 unspecified atom stereocenters. The van der Waals surface area contributed by atoms with Gasteiger partial charge in [-0.2, -0.15) is 0 Å². The van der Waals surface area contributed by atoms with E-state index in [0.29, 0.717) is 17.3 Å². The van der Waals surface area contributed by atoms with Gasteiger partial charge in [-0.25, -0.2) is 19.7 Å². The van der Waals surface area contributed by atoms with Gasteiger partial charge in [0, 0.05) is 49.0 Å². The number of rotatable bonds is 7. The molecule has 0 atom stereocenters. The number of aliphatic carboxylic acids is 1. The van der Waals surface area contributed by atoms with Crippen LogP contribution in [0.3, 0.4) is 0 Å². The van der Waals surface area contributed by atoms with E-state index in [-0.39, 0.29) is 5.91 Å². The van der Waals surface area contributed by atoms with Crippen molar-refractivity contribution in [1.82, 2.24) is 29.4 Å². The number of imidazole rings is 1. The number of halogens is 1. The Labute approximate surface area is 269 Å². The van der Waals surface area contributed by atoms with E-state index in [2.05, 4.69) is 41.8 Å². The zero-order valence-electron chi connectivity index (χ0n) is 25.4. The average molecular weight is 668 g/mol. The molecule has 2 N–H and O–H groups in total. The normalized spacial score (nSPS) is 16.8. The highest BCUT2D eigenvalue weighted by atomic mass is 79.9. The average Bonchev–Trinajstić information content (AvgIpc) is 3.51. The highest BCUT2D eigenvalue weighted by Gasteiger charge is 2.44. The van der Waals surface area contributed by atoms with Crippen molar-refractivity contribution < 1.29 is 14.7 Å². The number of aryl methyl sites for hydroxylation is 2. The third-order valence-corrected chi connectivity index (χ3v) is 10.1. The number of carboxylic acid groups (broad SMARTS) is 1. The quantitative estimate of drug-likeness (QED) is 0.177. The molecule has 3 aromatic heterocycles. The molecule has 10 heteroatoms. The maximum atomic E-state index is 14.0. The van der Waals surface area contributed by atoms with Crippen molar-refractivity contribution in [3.8, 4) is 11.5 Å². The van der Waals surface area contributed by atoms with Crippen LogP contribution in [0.15, 0.2) is 59.3 Å². The van der Waals surface area contributed by atoms with Gasteiger partial charge < -0.3 is 19.6 Å². The number of carbonyl (C=O) groups excluding carboxylic acids is 1. The lowest BCUT2D eigenvalue weighted by atomic mass is 9.75. The molecule has 3 heterocycles. The number of nitrogens with zero attached hydrogens (tertiary/aromatic N) is 5. The second-order valence-electron chi connectivity index (χ2n) is 12.4. The molecular formula is C35H35BrN6O3. The molecule has 2 fully saturated rings. The maximum Gasteiger partial charge on any atom is 0.328 e. The van der Waals surface area contributed by atoms with Crippen LogP contribution in [0.25, 0.3) is 39.5 Å². The fraction of sp³-hybridized carbons (Fsp3) is 0.343. The summed E-state index contributed by atoms with van der Waals surface area (Å²) in [5.41, 5.74) is 5.82. The first-order valence-electron chi connectivity index (χ1n) is 15.5. The van der Waals surface area contributed by atoms with Crippen LogP contribution >= 0.6 is 15.9 Å². The van der Waals surface area contributed by atoms with Gasteiger partial charge in [0.05, 0.1) is 26.7 Å². The van der Waals surface area contributed by atoms with Crippen LogP contribution < -0.4 is 5.32 Å². The number of aromatic nitrogens is 5. The molecule has 0 saturated heterocycles. The minimum absolute atomic E-state index is 0.129. The fourth-order valence-corrected chi connectivity index (χ4v) is 7.45. The Balaban J connectivity index is 1.24. The van der Waals surface area contributed by atoms with E-state index >= 15 is 0 Å². The molecule has 2 aromatic carbocycles. The van der Waals surface area contributed by atoms with Crippen molar-refractivity contribution in [2.75, 3.05) is 0 Å². The van der Waals surface area contributed by atoms with Gasteiger partial charge in [0.2, 0.25) is 0 Å². The van der Waals surface area contributed by atoms with Crippen molar-refractivity contribution >= 4 is 55.8 Å². The van der Waals surface area contributed by atoms with E-state index in [1.807, 2.05) is 49.0 Å². The van der Waals surface area contributed by atoms with Crippen LogP contribution in [-0.2, 0) is 24.4 Å². The van der Waals surface area contributed by atoms with E-state index in [1.54, 1.807) is 18.5 Å². The monoisotopic (exact) mass is 666 g/mol. The van der Waals surface area contributed by atoms with Gasteiger partial charge in [-0.05, 0) is 95.4 Å². The summed E-state index contributed by atoms with van der Waals surface area (Å²) in [6.45, 7) is 0. The maximum absolute atomic E-state index is 14.0. The predicted octanol–water partition coefficient (Wildman–Crippen LogP) is 7.24. The molecule has 0 aliphatic heterocycles. The SMILES string of the molecule is Cn1c(C2(NC(=O)c3ccc4c(C5CCCCC5)c(-c5ncc(Br)cn5)n(C)c4c3)CCC2)nc2ccc(/C=C/C(=O)O)cc21. The lowest BCUT2D eigenvalue weighted by molar-refractivity contribution is -0.131. The molecule has 230 valence electrons. The summed E-state index contributed by atoms with van der Waals surface area (Å²) >= 11 is 3.47. The number of nitrogens with one attached hydrogen (secondary N) is 1. The summed E-state index contributed by atoms with van der Waals surface area (Å²) in [5.74, 6) is 0.815. The number of fused-ring (bicyclic) bond motifs is 2. The van der Waals surface area contributed by atoms with Gasteiger partial charge in [0.15, 0.2) is 5.82 Å². The minimum Gasteiger partial charge on any atom is -0.478 e. The number of benzene rings is 2. The van der Waals surface area contributed by atoms with Crippen LogP contribution in [-0.4, -0.2) is 41.1 Å². The smallest absolute Gasteiger partial charge is 0.328 e. The van der Waals surface area contributed by atoms with E-state index in [9.17, 15) is 9.59 Å². The van der Waals surface area contributed by atoms with Gasteiger partial charge in [0.25, 0.3) is 5.91 Å². The number of carbonyl (C=O) groups is 2. The summed E-state index contributed by atoms with van der Waals surface area (Å²) in [6.07, 6.45) is 14.8. The van der Waals surface area contributed by atoms with E-state index in [4.69, 9.17) is 10.1 Å². The minimum atomic E-state index is -0.992. The second-order valence-corrected chi connectivity index (χ2v) is 13.3. The largest absolute Gasteiger partial charge is 0.478 e. The van der Waals surface area contributed by atoms with Gasteiger partial charge >= 0.3 is 5.97 Å². The molecule has 7 rings (SSSR count). The first-order chi connectivity index (χ1) is 21.7. The molecule has 9 nitrogen and oxygen atoms in total. The van der Waals surface area contributed by atoms with Crippen LogP contribution in [0.2, 0.25) is 0 Å². The van der Waals surface area contributed by atoms with Gasteiger partial charge in [0.1, 0.15) is 5.82 Å². The second kappa shape index (κ2) is 11.6. The third-order valence-electron chi connectivity index (χ3n) is 9.66. The molecule has 2 aliphatic rings. The van der Waals surface area contributed by atoms with Crippen LogP contribution in [0.1, 0.15) is 84.6 Å². The molecule has 45 heavy (non-hydrogen) atoms. The molecule has 2 aliphatic carbocycles. The Morgan fingerprint density at radius 2 is 1.73 bits per heavy atom. The fourth-order valence-electron chi connectivity index (χ4n) is 7.25. The van der Waals surface area contributed by atoms with Crippen molar-refractivity contribution in [3.05, 3.63) is 81.9 Å². The van der Waals surface area contributed by atoms with Gasteiger partial charge in [-0.3, -0.25) is 4.79 Å². The van der Waals surface area contributed by atoms with Crippen LogP contribution in [0, 0.1) is 0 Å². The topological polar surface area (TPSA) is 115 Å². The van der Waals surface area contributed by atoms with Crippen LogP contribution in [0.4, 0.5) is 0 Å². The first-order valence-corrected chi connectivity index (χ1v) is 16.3. The summed E-state index contributed by atoms with van der Waals surface area (Å²) in [6, 6.07) is 11.7. The molecule has 1 amide bonds. The van der Waals surface area contributed by atoms with E-state index < -0.39 is 11.5 Å². The van der Waals surface area contributed by atoms with Crippen molar-refractivity contribution in [3.63, 3.8) is 0 Å².